The first-order valence-corrected chi connectivity index (χ1v) is 11.7. The Labute approximate surface area is 221 Å². The second-order valence-electron chi connectivity index (χ2n) is 7.86. The summed E-state index contributed by atoms with van der Waals surface area (Å²) in [5.41, 5.74) is 3.01. The van der Waals surface area contributed by atoms with Crippen LogP contribution < -0.4 is 9.47 Å². The van der Waals surface area contributed by atoms with E-state index in [0.29, 0.717) is 27.8 Å². The van der Waals surface area contributed by atoms with Crippen LogP contribution >= 0.6 is 12.6 Å². The number of nitrogens with zero attached hydrogens (tertiary/aromatic N) is 2. The highest BCUT2D eigenvalue weighted by molar-refractivity contribution is 7.79. The SMILES string of the molecule is O=C(Cc1ccc(CO[N+](=O)[O-])cc1)Oc1ccc(OC(=O)Cc2ccc(CO[N+](=O)[O-])cc2)c(CS)c1. The summed E-state index contributed by atoms with van der Waals surface area (Å²) in [6.45, 7) is -0.373. The predicted molar refractivity (Wildman–Crippen MR) is 134 cm³/mol. The maximum absolute atomic E-state index is 12.4. The van der Waals surface area contributed by atoms with Gasteiger partial charge in [-0.2, -0.15) is 12.6 Å². The Morgan fingerprint density at radius 1 is 0.684 bits per heavy atom. The van der Waals surface area contributed by atoms with Crippen LogP contribution in [0.15, 0.2) is 66.7 Å². The van der Waals surface area contributed by atoms with Crippen molar-refractivity contribution in [3.8, 4) is 11.5 Å². The molecule has 3 aromatic rings. The van der Waals surface area contributed by atoms with Gasteiger partial charge in [-0.3, -0.25) is 9.59 Å². The molecular weight excluding hydrogens is 520 g/mol. The van der Waals surface area contributed by atoms with Crippen LogP contribution in [0, 0.1) is 20.2 Å². The van der Waals surface area contributed by atoms with E-state index in [2.05, 4.69) is 22.3 Å². The van der Waals surface area contributed by atoms with E-state index in [1.807, 2.05) is 0 Å². The van der Waals surface area contributed by atoms with E-state index in [4.69, 9.17) is 9.47 Å². The zero-order valence-corrected chi connectivity index (χ0v) is 20.7. The molecule has 0 bridgehead atoms. The van der Waals surface area contributed by atoms with E-state index < -0.39 is 22.1 Å². The lowest BCUT2D eigenvalue weighted by molar-refractivity contribution is -0.763. The minimum absolute atomic E-state index is 0.0275. The number of rotatable bonds is 13. The van der Waals surface area contributed by atoms with Crippen LogP contribution in [-0.4, -0.2) is 22.1 Å². The molecule has 0 fully saturated rings. The minimum Gasteiger partial charge on any atom is -0.426 e. The number of thiol groups is 1. The third-order valence-electron chi connectivity index (χ3n) is 5.07. The Balaban J connectivity index is 1.53. The zero-order valence-electron chi connectivity index (χ0n) is 19.8. The van der Waals surface area contributed by atoms with Crippen molar-refractivity contribution in [2.75, 3.05) is 0 Å². The number of carbonyl (C=O) groups is 2. The molecule has 0 aromatic heterocycles. The molecule has 0 aliphatic carbocycles. The average molecular weight is 543 g/mol. The Morgan fingerprint density at radius 2 is 1.13 bits per heavy atom. The summed E-state index contributed by atoms with van der Waals surface area (Å²) in [6.07, 6.45) is -0.0592. The van der Waals surface area contributed by atoms with E-state index in [1.165, 1.54) is 12.1 Å². The van der Waals surface area contributed by atoms with Crippen LogP contribution in [0.25, 0.3) is 0 Å². The molecule has 0 spiro atoms. The van der Waals surface area contributed by atoms with Gasteiger partial charge in [-0.05, 0) is 40.5 Å². The summed E-state index contributed by atoms with van der Waals surface area (Å²) in [7, 11) is 0. The van der Waals surface area contributed by atoms with Crippen molar-refractivity contribution < 1.29 is 38.9 Å². The van der Waals surface area contributed by atoms with Gasteiger partial charge < -0.3 is 19.1 Å². The van der Waals surface area contributed by atoms with Gasteiger partial charge in [0.1, 0.15) is 24.7 Å². The molecule has 0 amide bonds. The second kappa shape index (κ2) is 13.6. The lowest BCUT2D eigenvalue weighted by atomic mass is 10.1. The van der Waals surface area contributed by atoms with Gasteiger partial charge >= 0.3 is 11.9 Å². The molecule has 0 atom stereocenters. The summed E-state index contributed by atoms with van der Waals surface area (Å²) in [5, 5.41) is 18.8. The summed E-state index contributed by atoms with van der Waals surface area (Å²) in [5.74, 6) is -0.316. The summed E-state index contributed by atoms with van der Waals surface area (Å²) < 4.78 is 10.8. The van der Waals surface area contributed by atoms with Gasteiger partial charge in [-0.25, -0.2) is 0 Å². The number of carbonyl (C=O) groups excluding carboxylic acids is 2. The molecule has 0 saturated heterocycles. The molecule has 13 heteroatoms. The highest BCUT2D eigenvalue weighted by Gasteiger charge is 2.13. The van der Waals surface area contributed by atoms with Crippen LogP contribution in [0.5, 0.6) is 11.5 Å². The fourth-order valence-electron chi connectivity index (χ4n) is 3.26. The normalized spacial score (nSPS) is 10.3. The molecule has 0 aliphatic rings. The van der Waals surface area contributed by atoms with Crippen molar-refractivity contribution in [3.63, 3.8) is 0 Å². The van der Waals surface area contributed by atoms with E-state index in [1.54, 1.807) is 54.6 Å². The summed E-state index contributed by atoms with van der Waals surface area (Å²) >= 11 is 4.26. The predicted octanol–water partition coefficient (Wildman–Crippen LogP) is 3.83. The molecular formula is C25H22N2O10S. The molecule has 0 unspecified atom stereocenters. The first-order valence-electron chi connectivity index (χ1n) is 11.1. The van der Waals surface area contributed by atoms with Crippen molar-refractivity contribution >= 4 is 24.6 Å². The largest absolute Gasteiger partial charge is 0.426 e. The second-order valence-corrected chi connectivity index (χ2v) is 8.17. The quantitative estimate of drug-likeness (QED) is 0.111. The third-order valence-corrected chi connectivity index (χ3v) is 5.41. The summed E-state index contributed by atoms with van der Waals surface area (Å²) in [4.78, 5) is 53.9. The Morgan fingerprint density at radius 3 is 1.58 bits per heavy atom. The number of benzene rings is 3. The molecule has 0 radical (unpaired) electrons. The molecule has 0 heterocycles. The van der Waals surface area contributed by atoms with Gasteiger partial charge in [0.15, 0.2) is 0 Å². The van der Waals surface area contributed by atoms with Gasteiger partial charge in [0.05, 0.1) is 12.8 Å². The zero-order chi connectivity index (χ0) is 27.5. The monoisotopic (exact) mass is 542 g/mol. The van der Waals surface area contributed by atoms with Crippen molar-refractivity contribution in [1.82, 2.24) is 0 Å². The Hall–Kier alpha value is -4.65. The first-order chi connectivity index (χ1) is 18.2. The van der Waals surface area contributed by atoms with Crippen molar-refractivity contribution in [1.29, 1.82) is 0 Å². The van der Waals surface area contributed by atoms with Crippen LogP contribution in [0.1, 0.15) is 27.8 Å². The van der Waals surface area contributed by atoms with Crippen LogP contribution in [0.2, 0.25) is 0 Å². The van der Waals surface area contributed by atoms with Gasteiger partial charge in [0, 0.05) is 11.3 Å². The number of ether oxygens (including phenoxy) is 2. The molecule has 0 N–H and O–H groups in total. The fraction of sp³-hybridized carbons (Fsp3) is 0.200. The fourth-order valence-corrected chi connectivity index (χ4v) is 3.51. The summed E-state index contributed by atoms with van der Waals surface area (Å²) in [6, 6.07) is 17.6. The molecule has 38 heavy (non-hydrogen) atoms. The topological polar surface area (TPSA) is 157 Å². The molecule has 0 aliphatic heterocycles. The van der Waals surface area contributed by atoms with E-state index in [-0.39, 0.29) is 43.3 Å². The molecule has 3 aromatic carbocycles. The van der Waals surface area contributed by atoms with Crippen molar-refractivity contribution in [2.24, 2.45) is 0 Å². The molecule has 3 rings (SSSR count). The highest BCUT2D eigenvalue weighted by Crippen LogP contribution is 2.26. The Bertz CT molecular complexity index is 1300. The molecule has 198 valence electrons. The van der Waals surface area contributed by atoms with E-state index in [9.17, 15) is 29.8 Å². The van der Waals surface area contributed by atoms with Gasteiger partial charge in [-0.1, -0.05) is 48.5 Å². The third kappa shape index (κ3) is 9.09. The highest BCUT2D eigenvalue weighted by atomic mass is 32.1. The molecule has 12 nitrogen and oxygen atoms in total. The minimum atomic E-state index is -0.878. The van der Waals surface area contributed by atoms with Gasteiger partial charge in [0.25, 0.3) is 10.2 Å². The number of esters is 2. The van der Waals surface area contributed by atoms with Crippen molar-refractivity contribution in [2.45, 2.75) is 31.8 Å². The van der Waals surface area contributed by atoms with Crippen molar-refractivity contribution in [3.05, 3.63) is 115 Å². The van der Waals surface area contributed by atoms with Crippen LogP contribution in [0.4, 0.5) is 0 Å². The Kier molecular flexibility index (Phi) is 10.00. The molecule has 0 saturated carbocycles. The number of hydrogen-bond acceptors (Lipinski definition) is 11. The number of hydrogen-bond donors (Lipinski definition) is 1. The lowest BCUT2D eigenvalue weighted by Gasteiger charge is -2.11. The van der Waals surface area contributed by atoms with Crippen LogP contribution in [0.3, 0.4) is 0 Å². The van der Waals surface area contributed by atoms with Gasteiger partial charge in [0.2, 0.25) is 0 Å². The maximum Gasteiger partial charge on any atom is 0.315 e. The average Bonchev–Trinajstić information content (AvgIpc) is 2.88. The van der Waals surface area contributed by atoms with Gasteiger partial charge in [-0.15, -0.1) is 20.2 Å². The standard InChI is InChI=1S/C25H22N2O10S/c28-24(11-17-1-5-19(6-2-17)14-34-26(30)31)36-22-9-10-23(21(13-22)16-38)37-25(29)12-18-3-7-20(8-4-18)15-35-27(32)33/h1-10,13,38H,11-12,14-16H2. The van der Waals surface area contributed by atoms with E-state index >= 15 is 0 Å². The lowest BCUT2D eigenvalue weighted by Crippen LogP contribution is -2.13. The maximum atomic E-state index is 12.4. The van der Waals surface area contributed by atoms with E-state index in [0.717, 1.165) is 0 Å². The van der Waals surface area contributed by atoms with Crippen LogP contribution in [-0.2, 0) is 51.1 Å². The first kappa shape index (κ1) is 27.9. The smallest absolute Gasteiger partial charge is 0.315 e.